The Kier molecular flexibility index (Phi) is 5.05. The minimum atomic E-state index is -3.82. The first kappa shape index (κ1) is 16.7. The third kappa shape index (κ3) is 3.58. The molecule has 1 N–H and O–H groups in total. The van der Waals surface area contributed by atoms with Crippen LogP contribution in [0.2, 0.25) is 10.0 Å². The van der Waals surface area contributed by atoms with Crippen molar-refractivity contribution >= 4 is 38.9 Å². The fraction of sp³-hybridized carbons (Fsp3) is 0.143. The van der Waals surface area contributed by atoms with Crippen molar-refractivity contribution < 1.29 is 17.9 Å². The predicted molar refractivity (Wildman–Crippen MR) is 86.8 cm³/mol. The second-order valence-electron chi connectivity index (χ2n) is 4.25. The van der Waals surface area contributed by atoms with E-state index in [0.717, 1.165) is 0 Å². The summed E-state index contributed by atoms with van der Waals surface area (Å²) in [5.74, 6) is 0.749. The number of nitrogens with one attached hydrogen (secondary N) is 1. The molecule has 8 heteroatoms. The summed E-state index contributed by atoms with van der Waals surface area (Å²) < 4.78 is 37.4. The van der Waals surface area contributed by atoms with Gasteiger partial charge in [-0.15, -0.1) is 0 Å². The van der Waals surface area contributed by atoms with Crippen LogP contribution in [0.25, 0.3) is 0 Å². The Labute approximate surface area is 138 Å². The zero-order valence-electron chi connectivity index (χ0n) is 11.8. The summed E-state index contributed by atoms with van der Waals surface area (Å²) in [5.41, 5.74) is 0.237. The summed E-state index contributed by atoms with van der Waals surface area (Å²) in [7, 11) is -0.921. The van der Waals surface area contributed by atoms with E-state index in [9.17, 15) is 8.42 Å². The Morgan fingerprint density at radius 3 is 2.23 bits per heavy atom. The van der Waals surface area contributed by atoms with Gasteiger partial charge in [0.05, 0.1) is 29.8 Å². The number of hydrogen-bond donors (Lipinski definition) is 1. The lowest BCUT2D eigenvalue weighted by atomic mass is 10.3. The van der Waals surface area contributed by atoms with E-state index in [2.05, 4.69) is 4.72 Å². The lowest BCUT2D eigenvalue weighted by Crippen LogP contribution is -2.13. The molecule has 0 spiro atoms. The summed E-state index contributed by atoms with van der Waals surface area (Å²) in [5, 5.41) is 0.621. The molecular weight excluding hydrogens is 349 g/mol. The van der Waals surface area contributed by atoms with E-state index in [4.69, 9.17) is 32.7 Å². The maximum absolute atomic E-state index is 12.4. The highest BCUT2D eigenvalue weighted by Gasteiger charge is 2.18. The van der Waals surface area contributed by atoms with Crippen LogP contribution in [0, 0.1) is 0 Å². The Bertz CT molecular complexity index is 793. The fourth-order valence-corrected chi connectivity index (χ4v) is 3.37. The van der Waals surface area contributed by atoms with Crippen LogP contribution in [0.5, 0.6) is 11.5 Å². The molecule has 0 aliphatic rings. The summed E-state index contributed by atoms with van der Waals surface area (Å²) in [4.78, 5) is 0.0242. The van der Waals surface area contributed by atoms with E-state index in [1.54, 1.807) is 6.07 Å². The van der Waals surface area contributed by atoms with Crippen molar-refractivity contribution in [1.29, 1.82) is 0 Å². The molecule has 2 rings (SSSR count). The van der Waals surface area contributed by atoms with Crippen LogP contribution in [-0.4, -0.2) is 22.6 Å². The Balaban J connectivity index is 2.38. The normalized spacial score (nSPS) is 11.1. The molecule has 5 nitrogen and oxygen atoms in total. The number of hydrogen-bond acceptors (Lipinski definition) is 4. The number of ether oxygens (including phenoxy) is 2. The molecule has 0 bridgehead atoms. The number of benzene rings is 2. The van der Waals surface area contributed by atoms with Crippen molar-refractivity contribution in [2.24, 2.45) is 0 Å². The minimum absolute atomic E-state index is 0.0242. The van der Waals surface area contributed by atoms with Crippen LogP contribution in [-0.2, 0) is 10.0 Å². The predicted octanol–water partition coefficient (Wildman–Crippen LogP) is 3.81. The lowest BCUT2D eigenvalue weighted by molar-refractivity contribution is 0.354. The van der Waals surface area contributed by atoms with E-state index in [-0.39, 0.29) is 15.6 Å². The quantitative estimate of drug-likeness (QED) is 0.879. The maximum atomic E-state index is 12.4. The zero-order valence-corrected chi connectivity index (χ0v) is 14.1. The van der Waals surface area contributed by atoms with E-state index in [1.807, 2.05) is 0 Å². The van der Waals surface area contributed by atoms with Crippen molar-refractivity contribution in [2.75, 3.05) is 18.9 Å². The summed E-state index contributed by atoms with van der Waals surface area (Å²) in [6.45, 7) is 0. The largest absolute Gasteiger partial charge is 0.493 e. The molecule has 118 valence electrons. The van der Waals surface area contributed by atoms with Gasteiger partial charge in [0.25, 0.3) is 10.0 Å². The first-order valence-electron chi connectivity index (χ1n) is 6.07. The van der Waals surface area contributed by atoms with Gasteiger partial charge in [-0.1, -0.05) is 23.2 Å². The molecular formula is C14H13Cl2NO4S. The molecule has 0 fully saturated rings. The van der Waals surface area contributed by atoms with Crippen molar-refractivity contribution in [2.45, 2.75) is 4.90 Å². The highest BCUT2D eigenvalue weighted by molar-refractivity contribution is 7.92. The zero-order chi connectivity index (χ0) is 16.3. The van der Waals surface area contributed by atoms with Crippen molar-refractivity contribution in [1.82, 2.24) is 0 Å². The van der Waals surface area contributed by atoms with Gasteiger partial charge in [-0.05, 0) is 30.3 Å². The van der Waals surface area contributed by atoms with Crippen molar-refractivity contribution in [3.8, 4) is 11.5 Å². The topological polar surface area (TPSA) is 64.6 Å². The Morgan fingerprint density at radius 2 is 1.64 bits per heavy atom. The first-order valence-corrected chi connectivity index (χ1v) is 8.31. The molecule has 22 heavy (non-hydrogen) atoms. The molecule has 0 aromatic heterocycles. The summed E-state index contributed by atoms with van der Waals surface area (Å²) in [6, 6.07) is 8.77. The van der Waals surface area contributed by atoms with Crippen molar-refractivity contribution in [3.63, 3.8) is 0 Å². The number of rotatable bonds is 5. The molecule has 0 heterocycles. The van der Waals surface area contributed by atoms with Crippen LogP contribution in [0.15, 0.2) is 41.3 Å². The maximum Gasteiger partial charge on any atom is 0.262 e. The SMILES string of the molecule is COc1ccc(S(=O)(=O)Nc2ccc(Cl)cc2Cl)cc1OC. The molecule has 0 atom stereocenters. The van der Waals surface area contributed by atoms with Crippen LogP contribution in [0.3, 0.4) is 0 Å². The smallest absolute Gasteiger partial charge is 0.262 e. The third-order valence-corrected chi connectivity index (χ3v) is 4.75. The van der Waals surface area contributed by atoms with Gasteiger partial charge in [0, 0.05) is 11.1 Å². The molecule has 0 aliphatic heterocycles. The minimum Gasteiger partial charge on any atom is -0.493 e. The lowest BCUT2D eigenvalue weighted by Gasteiger charge is -2.12. The summed E-state index contributed by atoms with van der Waals surface area (Å²) >= 11 is 11.8. The first-order chi connectivity index (χ1) is 10.4. The van der Waals surface area contributed by atoms with Gasteiger partial charge in [0.2, 0.25) is 0 Å². The van der Waals surface area contributed by atoms with E-state index >= 15 is 0 Å². The van der Waals surface area contributed by atoms with Gasteiger partial charge in [0.1, 0.15) is 0 Å². The van der Waals surface area contributed by atoms with Gasteiger partial charge in [-0.25, -0.2) is 8.42 Å². The number of halogens is 2. The monoisotopic (exact) mass is 361 g/mol. The van der Waals surface area contributed by atoms with Crippen LogP contribution in [0.1, 0.15) is 0 Å². The molecule has 2 aromatic carbocycles. The molecule has 0 saturated carbocycles. The number of sulfonamides is 1. The van der Waals surface area contributed by atoms with Crippen LogP contribution >= 0.6 is 23.2 Å². The second-order valence-corrected chi connectivity index (χ2v) is 6.77. The van der Waals surface area contributed by atoms with Crippen molar-refractivity contribution in [3.05, 3.63) is 46.4 Å². The van der Waals surface area contributed by atoms with Gasteiger partial charge < -0.3 is 9.47 Å². The van der Waals surface area contributed by atoms with Gasteiger partial charge in [-0.2, -0.15) is 0 Å². The Hall–Kier alpha value is -1.63. The molecule has 0 unspecified atom stereocenters. The standard InChI is InChI=1S/C14H13Cl2NO4S/c1-20-13-6-4-10(8-14(13)21-2)22(18,19)17-12-5-3-9(15)7-11(12)16/h3-8,17H,1-2H3. The summed E-state index contributed by atoms with van der Waals surface area (Å²) in [6.07, 6.45) is 0. The average molecular weight is 362 g/mol. The number of anilines is 1. The Morgan fingerprint density at radius 1 is 0.955 bits per heavy atom. The molecule has 0 radical (unpaired) electrons. The highest BCUT2D eigenvalue weighted by Crippen LogP contribution is 2.31. The average Bonchev–Trinajstić information content (AvgIpc) is 2.49. The van der Waals surface area contributed by atoms with Gasteiger partial charge in [-0.3, -0.25) is 4.72 Å². The molecule has 0 saturated heterocycles. The third-order valence-electron chi connectivity index (χ3n) is 2.84. The van der Waals surface area contributed by atoms with E-state index in [0.29, 0.717) is 16.5 Å². The second kappa shape index (κ2) is 6.64. The number of methoxy groups -OCH3 is 2. The highest BCUT2D eigenvalue weighted by atomic mass is 35.5. The molecule has 0 aliphatic carbocycles. The van der Waals surface area contributed by atoms with E-state index in [1.165, 1.54) is 44.6 Å². The molecule has 2 aromatic rings. The van der Waals surface area contributed by atoms with Crippen LogP contribution in [0.4, 0.5) is 5.69 Å². The molecule has 0 amide bonds. The van der Waals surface area contributed by atoms with Gasteiger partial charge >= 0.3 is 0 Å². The van der Waals surface area contributed by atoms with Crippen LogP contribution < -0.4 is 14.2 Å². The fourth-order valence-electron chi connectivity index (χ4n) is 1.76. The van der Waals surface area contributed by atoms with E-state index < -0.39 is 10.0 Å². The van der Waals surface area contributed by atoms with Gasteiger partial charge in [0.15, 0.2) is 11.5 Å².